The predicted octanol–water partition coefficient (Wildman–Crippen LogP) is 15.6. The van der Waals surface area contributed by atoms with Gasteiger partial charge < -0.3 is 9.47 Å². The molecule has 1 aromatic heterocycles. The van der Waals surface area contributed by atoms with Gasteiger partial charge in [-0.1, -0.05) is 164 Å². The Balaban J connectivity index is 0.995. The zero-order valence-electron chi connectivity index (χ0n) is 31.8. The molecule has 272 valence electrons. The molecule has 11 rings (SSSR count). The maximum Gasteiger partial charge on any atom is 0.0541 e. The van der Waals surface area contributed by atoms with E-state index >= 15 is 0 Å². The summed E-state index contributed by atoms with van der Waals surface area (Å²) in [5.74, 6) is 0. The fourth-order valence-corrected chi connectivity index (χ4v) is 8.74. The highest BCUT2D eigenvalue weighted by atomic mass is 15.1. The Hall–Kier alpha value is -7.68. The van der Waals surface area contributed by atoms with E-state index in [2.05, 4.69) is 240 Å². The molecule has 11 aromatic rings. The van der Waals surface area contributed by atoms with Crippen LogP contribution in [0.5, 0.6) is 0 Å². The van der Waals surface area contributed by atoms with Crippen molar-refractivity contribution in [3.05, 3.63) is 231 Å². The van der Waals surface area contributed by atoms with Gasteiger partial charge in [0, 0.05) is 33.5 Å². The predicted molar refractivity (Wildman–Crippen MR) is 247 cm³/mol. The van der Waals surface area contributed by atoms with Crippen molar-refractivity contribution in [2.45, 2.75) is 0 Å². The smallest absolute Gasteiger partial charge is 0.0541 e. The van der Waals surface area contributed by atoms with Gasteiger partial charge in [-0.2, -0.15) is 0 Å². The molecule has 0 bridgehead atoms. The van der Waals surface area contributed by atoms with Crippen LogP contribution in [0.4, 0.5) is 17.1 Å². The molecule has 2 heteroatoms. The van der Waals surface area contributed by atoms with E-state index in [4.69, 9.17) is 0 Å². The van der Waals surface area contributed by atoms with E-state index in [1.54, 1.807) is 0 Å². The monoisotopic (exact) mass is 738 g/mol. The summed E-state index contributed by atoms with van der Waals surface area (Å²) in [5.41, 5.74) is 14.0. The van der Waals surface area contributed by atoms with Gasteiger partial charge in [0.2, 0.25) is 0 Å². The molecule has 0 fully saturated rings. The third-order valence-electron chi connectivity index (χ3n) is 11.6. The Morgan fingerprint density at radius 1 is 0.276 bits per heavy atom. The molecule has 0 aliphatic rings. The van der Waals surface area contributed by atoms with Gasteiger partial charge >= 0.3 is 0 Å². The molecule has 0 atom stereocenters. The number of hydrogen-bond acceptors (Lipinski definition) is 1. The summed E-state index contributed by atoms with van der Waals surface area (Å²) < 4.78 is 2.38. The van der Waals surface area contributed by atoms with Gasteiger partial charge in [0.15, 0.2) is 0 Å². The number of benzene rings is 10. The first-order valence-corrected chi connectivity index (χ1v) is 19.9. The van der Waals surface area contributed by atoms with Gasteiger partial charge in [0.1, 0.15) is 0 Å². The zero-order chi connectivity index (χ0) is 38.4. The molecule has 0 radical (unpaired) electrons. The van der Waals surface area contributed by atoms with Crippen LogP contribution in [0.1, 0.15) is 0 Å². The van der Waals surface area contributed by atoms with Gasteiger partial charge in [-0.25, -0.2) is 0 Å². The molecule has 0 saturated heterocycles. The van der Waals surface area contributed by atoms with Crippen LogP contribution in [-0.2, 0) is 0 Å². The van der Waals surface area contributed by atoms with Crippen LogP contribution >= 0.6 is 0 Å². The number of aromatic nitrogens is 1. The Labute approximate surface area is 338 Å². The third-order valence-corrected chi connectivity index (χ3v) is 11.6. The Kier molecular flexibility index (Phi) is 8.19. The normalized spacial score (nSPS) is 11.4. The minimum atomic E-state index is 1.09. The minimum absolute atomic E-state index is 1.09. The highest BCUT2D eigenvalue weighted by Gasteiger charge is 2.16. The Bertz CT molecular complexity index is 3220. The lowest BCUT2D eigenvalue weighted by Gasteiger charge is -2.26. The van der Waals surface area contributed by atoms with E-state index in [9.17, 15) is 0 Å². The molecule has 0 unspecified atom stereocenters. The minimum Gasteiger partial charge on any atom is -0.310 e. The summed E-state index contributed by atoms with van der Waals surface area (Å²) in [6.45, 7) is 0. The second-order valence-corrected chi connectivity index (χ2v) is 15.0. The van der Waals surface area contributed by atoms with Crippen molar-refractivity contribution in [1.82, 2.24) is 4.57 Å². The molecule has 1 heterocycles. The average molecular weight is 739 g/mol. The van der Waals surface area contributed by atoms with Crippen LogP contribution in [0, 0.1) is 0 Å². The third kappa shape index (κ3) is 5.91. The molecule has 2 nitrogen and oxygen atoms in total. The molecular formula is C56H38N2. The lowest BCUT2D eigenvalue weighted by Crippen LogP contribution is -2.10. The van der Waals surface area contributed by atoms with Crippen molar-refractivity contribution in [2.24, 2.45) is 0 Å². The Morgan fingerprint density at radius 3 is 1.50 bits per heavy atom. The summed E-state index contributed by atoms with van der Waals surface area (Å²) in [6, 6.07) is 83.7. The van der Waals surface area contributed by atoms with E-state index in [1.165, 1.54) is 76.7 Å². The first-order valence-electron chi connectivity index (χ1n) is 19.9. The maximum absolute atomic E-state index is 2.38. The van der Waals surface area contributed by atoms with Crippen LogP contribution in [-0.4, -0.2) is 4.57 Å². The van der Waals surface area contributed by atoms with Crippen molar-refractivity contribution in [3.8, 4) is 39.1 Å². The SMILES string of the molecule is c1cc(-c2cccc3ccccc23)cc(N(c2ccc(-c3cccc(-n4c5ccccc5c5ccccc54)c3)cc2)c2ccc(-c3ccc4ccccc4c3)cc2)c1. The van der Waals surface area contributed by atoms with Crippen LogP contribution in [0.25, 0.3) is 82.4 Å². The number of rotatable bonds is 7. The van der Waals surface area contributed by atoms with Gasteiger partial charge in [-0.05, 0) is 122 Å². The van der Waals surface area contributed by atoms with Crippen molar-refractivity contribution in [3.63, 3.8) is 0 Å². The van der Waals surface area contributed by atoms with Crippen molar-refractivity contribution >= 4 is 60.4 Å². The second kappa shape index (κ2) is 14.1. The lowest BCUT2D eigenvalue weighted by atomic mass is 9.97. The summed E-state index contributed by atoms with van der Waals surface area (Å²) in [5, 5.41) is 7.52. The summed E-state index contributed by atoms with van der Waals surface area (Å²) in [7, 11) is 0. The number of anilines is 3. The fraction of sp³-hybridized carbons (Fsp3) is 0. The van der Waals surface area contributed by atoms with E-state index < -0.39 is 0 Å². The van der Waals surface area contributed by atoms with E-state index in [0.717, 1.165) is 22.7 Å². The zero-order valence-corrected chi connectivity index (χ0v) is 31.8. The molecule has 0 saturated carbocycles. The highest BCUT2D eigenvalue weighted by molar-refractivity contribution is 6.09. The summed E-state index contributed by atoms with van der Waals surface area (Å²) >= 11 is 0. The number of fused-ring (bicyclic) bond motifs is 5. The molecular weight excluding hydrogens is 701 g/mol. The largest absolute Gasteiger partial charge is 0.310 e. The summed E-state index contributed by atoms with van der Waals surface area (Å²) in [6.07, 6.45) is 0. The molecule has 0 amide bonds. The van der Waals surface area contributed by atoms with E-state index in [1.807, 2.05) is 0 Å². The average Bonchev–Trinajstić information content (AvgIpc) is 3.64. The molecule has 58 heavy (non-hydrogen) atoms. The van der Waals surface area contributed by atoms with Gasteiger partial charge in [-0.3, -0.25) is 0 Å². The molecule has 0 aliphatic heterocycles. The topological polar surface area (TPSA) is 8.17 Å². The van der Waals surface area contributed by atoms with Crippen molar-refractivity contribution in [2.75, 3.05) is 4.90 Å². The van der Waals surface area contributed by atoms with E-state index in [-0.39, 0.29) is 0 Å². The maximum atomic E-state index is 2.38. The highest BCUT2D eigenvalue weighted by Crippen LogP contribution is 2.40. The molecule has 0 spiro atoms. The number of hydrogen-bond donors (Lipinski definition) is 0. The first kappa shape index (κ1) is 33.6. The van der Waals surface area contributed by atoms with Gasteiger partial charge in [-0.15, -0.1) is 0 Å². The van der Waals surface area contributed by atoms with Gasteiger partial charge in [0.05, 0.1) is 11.0 Å². The quantitative estimate of drug-likeness (QED) is 0.158. The van der Waals surface area contributed by atoms with Gasteiger partial charge in [0.25, 0.3) is 0 Å². The fourth-order valence-electron chi connectivity index (χ4n) is 8.74. The molecule has 0 N–H and O–H groups in total. The number of para-hydroxylation sites is 2. The standard InChI is InChI=1S/C56H38N2/c1-2-14-43-36-45(27-26-39(43)12-1)41-30-34-48(35-31-41)57(49-18-10-17-46(38-49)52-23-11-15-42-13-3-4-20-51(42)52)47-32-28-40(29-33-47)44-16-9-19-50(37-44)58-55-24-7-5-21-53(55)54-22-6-8-25-56(54)58/h1-38H. The van der Waals surface area contributed by atoms with Crippen LogP contribution in [0.15, 0.2) is 231 Å². The Morgan fingerprint density at radius 2 is 0.793 bits per heavy atom. The van der Waals surface area contributed by atoms with Crippen molar-refractivity contribution in [1.29, 1.82) is 0 Å². The molecule has 0 aliphatic carbocycles. The van der Waals surface area contributed by atoms with Crippen LogP contribution < -0.4 is 4.90 Å². The van der Waals surface area contributed by atoms with Crippen molar-refractivity contribution < 1.29 is 0 Å². The molecule has 10 aromatic carbocycles. The summed E-state index contributed by atoms with van der Waals surface area (Å²) in [4.78, 5) is 2.37. The van der Waals surface area contributed by atoms with E-state index in [0.29, 0.717) is 0 Å². The van der Waals surface area contributed by atoms with Crippen LogP contribution in [0.2, 0.25) is 0 Å². The number of nitrogens with zero attached hydrogens (tertiary/aromatic N) is 2. The van der Waals surface area contributed by atoms with Crippen LogP contribution in [0.3, 0.4) is 0 Å². The lowest BCUT2D eigenvalue weighted by molar-refractivity contribution is 1.18. The first-order chi connectivity index (χ1) is 28.7. The second-order valence-electron chi connectivity index (χ2n) is 15.0.